The molecule has 0 spiro atoms. The van der Waals surface area contributed by atoms with Crippen molar-refractivity contribution in [1.82, 2.24) is 5.32 Å². The van der Waals surface area contributed by atoms with Crippen LogP contribution < -0.4 is 15.1 Å². The zero-order valence-electron chi connectivity index (χ0n) is 20.9. The monoisotopic (exact) mass is 532 g/mol. The first kappa shape index (κ1) is 27.3. The number of rotatable bonds is 8. The van der Waals surface area contributed by atoms with Gasteiger partial charge in [0.15, 0.2) is 0 Å². The van der Waals surface area contributed by atoms with Crippen LogP contribution in [0.2, 0.25) is 0 Å². The molecule has 0 saturated heterocycles. The maximum Gasteiger partial charge on any atom is 0.416 e. The largest absolute Gasteiger partial charge is 0.416 e. The molecule has 0 aromatic heterocycles. The lowest BCUT2D eigenvalue weighted by Crippen LogP contribution is -3.13. The van der Waals surface area contributed by atoms with Crippen LogP contribution in [-0.2, 0) is 15.8 Å². The van der Waals surface area contributed by atoms with E-state index in [-0.39, 0.29) is 18.4 Å². The highest BCUT2D eigenvalue weighted by molar-refractivity contribution is 8.04. The average molecular weight is 533 g/mol. The van der Waals surface area contributed by atoms with Gasteiger partial charge in [-0.1, -0.05) is 42.4 Å². The Hall–Kier alpha value is -2.78. The van der Waals surface area contributed by atoms with E-state index in [2.05, 4.69) is 12.4 Å². The molecule has 1 fully saturated rings. The Balaban J connectivity index is 1.38. The highest BCUT2D eigenvalue weighted by atomic mass is 32.2. The van der Waals surface area contributed by atoms with Crippen molar-refractivity contribution >= 4 is 35.3 Å². The summed E-state index contributed by atoms with van der Waals surface area (Å²) in [5, 5.41) is 2.95. The summed E-state index contributed by atoms with van der Waals surface area (Å²) in [4.78, 5) is 30.2. The first-order valence-corrected chi connectivity index (χ1v) is 13.6. The number of quaternary nitrogens is 1. The number of hydrogen-bond acceptors (Lipinski definition) is 3. The van der Waals surface area contributed by atoms with E-state index < -0.39 is 11.7 Å². The summed E-state index contributed by atoms with van der Waals surface area (Å²) in [7, 11) is 2.23. The van der Waals surface area contributed by atoms with Gasteiger partial charge in [-0.15, -0.1) is 0 Å². The summed E-state index contributed by atoms with van der Waals surface area (Å²) >= 11 is 1.25. The van der Waals surface area contributed by atoms with Gasteiger partial charge in [-0.25, -0.2) is 0 Å². The van der Waals surface area contributed by atoms with Crippen LogP contribution >= 0.6 is 11.8 Å². The van der Waals surface area contributed by atoms with E-state index in [1.54, 1.807) is 12.1 Å². The van der Waals surface area contributed by atoms with Crippen LogP contribution in [0.4, 0.5) is 18.9 Å². The topological polar surface area (TPSA) is 53.9 Å². The fraction of sp³-hybridized carbons (Fsp3) is 0.429. The quantitative estimate of drug-likeness (QED) is 0.388. The van der Waals surface area contributed by atoms with Crippen molar-refractivity contribution in [2.75, 3.05) is 31.6 Å². The summed E-state index contributed by atoms with van der Waals surface area (Å²) in [6.45, 7) is 1.43. The van der Waals surface area contributed by atoms with Gasteiger partial charge in [0.2, 0.25) is 5.91 Å². The molecular weight excluding hydrogens is 499 g/mol. The Morgan fingerprint density at radius 3 is 2.51 bits per heavy atom. The number of anilines is 1. The van der Waals surface area contributed by atoms with Gasteiger partial charge in [0.1, 0.15) is 6.54 Å². The third-order valence-electron chi connectivity index (χ3n) is 7.04. The fourth-order valence-electron chi connectivity index (χ4n) is 4.93. The Bertz CT molecular complexity index is 1130. The molecule has 2 aliphatic rings. The lowest BCUT2D eigenvalue weighted by molar-refractivity contribution is -0.907. The zero-order valence-corrected chi connectivity index (χ0v) is 21.8. The van der Waals surface area contributed by atoms with Crippen LogP contribution in [0.1, 0.15) is 49.7 Å². The maximum absolute atomic E-state index is 13.3. The lowest BCUT2D eigenvalue weighted by Gasteiger charge is -2.30. The Kier molecular flexibility index (Phi) is 8.97. The molecule has 1 aliphatic carbocycles. The molecule has 1 heterocycles. The lowest BCUT2D eigenvalue weighted by atomic mass is 9.94. The summed E-state index contributed by atoms with van der Waals surface area (Å²) < 4.78 is 38.7. The van der Waals surface area contributed by atoms with Crippen LogP contribution in [0.25, 0.3) is 6.08 Å². The van der Waals surface area contributed by atoms with Crippen molar-refractivity contribution in [3.8, 4) is 0 Å². The molecule has 2 N–H and O–H groups in total. The number of nitrogens with one attached hydrogen (secondary N) is 2. The van der Waals surface area contributed by atoms with E-state index in [9.17, 15) is 22.8 Å². The summed E-state index contributed by atoms with van der Waals surface area (Å²) in [5.41, 5.74) is 0.392. The molecule has 4 rings (SSSR count). The van der Waals surface area contributed by atoms with E-state index in [1.807, 2.05) is 18.2 Å². The first-order chi connectivity index (χ1) is 17.7. The predicted octanol–water partition coefficient (Wildman–Crippen LogP) is 4.54. The van der Waals surface area contributed by atoms with Crippen LogP contribution in [0.3, 0.4) is 0 Å². The molecule has 0 bridgehead atoms. The van der Waals surface area contributed by atoms with E-state index in [0.717, 1.165) is 30.0 Å². The smallest absolute Gasteiger partial charge is 0.354 e. The summed E-state index contributed by atoms with van der Waals surface area (Å²) in [6.07, 6.45) is 4.50. The molecule has 1 atom stereocenters. The molecule has 5 nitrogen and oxygen atoms in total. The molecule has 1 unspecified atom stereocenters. The van der Waals surface area contributed by atoms with Gasteiger partial charge in [-0.2, -0.15) is 13.2 Å². The second-order valence-electron chi connectivity index (χ2n) is 9.72. The van der Waals surface area contributed by atoms with E-state index >= 15 is 0 Å². The molecule has 2 aromatic rings. The SMILES string of the molecule is C[NH+](CCCNC(=O)CN1C(=O)C(=Cc2ccc(C(F)(F)F)cc2)Sc2ccccc21)C1CCCCC1. The van der Waals surface area contributed by atoms with Crippen LogP contribution in [0, 0.1) is 0 Å². The number of carbonyl (C=O) groups is 2. The van der Waals surface area contributed by atoms with Gasteiger partial charge < -0.3 is 10.2 Å². The Morgan fingerprint density at radius 2 is 1.81 bits per heavy atom. The highest BCUT2D eigenvalue weighted by Crippen LogP contribution is 2.42. The number of thioether (sulfide) groups is 1. The number of halogens is 3. The maximum atomic E-state index is 13.3. The number of benzene rings is 2. The molecular formula is C28H33F3N3O2S+. The van der Waals surface area contributed by atoms with Crippen LogP contribution in [-0.4, -0.2) is 44.5 Å². The number of amides is 2. The number of carbonyl (C=O) groups excluding carboxylic acids is 2. The predicted molar refractivity (Wildman–Crippen MR) is 140 cm³/mol. The van der Waals surface area contributed by atoms with Crippen molar-refractivity contribution in [3.05, 3.63) is 64.6 Å². The van der Waals surface area contributed by atoms with Gasteiger partial charge in [0, 0.05) is 17.9 Å². The number of para-hydroxylation sites is 1. The number of hydrogen-bond donors (Lipinski definition) is 2. The molecule has 9 heteroatoms. The summed E-state index contributed by atoms with van der Waals surface area (Å²) in [6, 6.07) is 12.7. The zero-order chi connectivity index (χ0) is 26.4. The van der Waals surface area contributed by atoms with Gasteiger partial charge >= 0.3 is 6.18 Å². The molecule has 2 aromatic carbocycles. The minimum Gasteiger partial charge on any atom is -0.354 e. The summed E-state index contributed by atoms with van der Waals surface area (Å²) in [5.74, 6) is -0.584. The molecule has 198 valence electrons. The Labute approximate surface area is 220 Å². The van der Waals surface area contributed by atoms with Crippen molar-refractivity contribution in [3.63, 3.8) is 0 Å². The van der Waals surface area contributed by atoms with E-state index in [1.165, 1.54) is 65.8 Å². The molecule has 1 saturated carbocycles. The normalized spacial score (nSPS) is 18.5. The number of nitrogens with zero attached hydrogens (tertiary/aromatic N) is 1. The third-order valence-corrected chi connectivity index (χ3v) is 8.12. The van der Waals surface area contributed by atoms with Crippen LogP contribution in [0.15, 0.2) is 58.3 Å². The van der Waals surface area contributed by atoms with E-state index in [4.69, 9.17) is 0 Å². The highest BCUT2D eigenvalue weighted by Gasteiger charge is 2.32. The average Bonchev–Trinajstić information content (AvgIpc) is 2.89. The second kappa shape index (κ2) is 12.2. The molecule has 0 radical (unpaired) electrons. The number of alkyl halides is 3. The van der Waals surface area contributed by atoms with Gasteiger partial charge in [-0.05, 0) is 61.6 Å². The minimum absolute atomic E-state index is 0.119. The molecule has 1 aliphatic heterocycles. The van der Waals surface area contributed by atoms with Crippen molar-refractivity contribution < 1.29 is 27.7 Å². The number of fused-ring (bicyclic) bond motifs is 1. The van der Waals surface area contributed by atoms with Crippen molar-refractivity contribution in [2.45, 2.75) is 55.6 Å². The minimum atomic E-state index is -4.42. The van der Waals surface area contributed by atoms with Crippen LogP contribution in [0.5, 0.6) is 0 Å². The van der Waals surface area contributed by atoms with Gasteiger partial charge in [-0.3, -0.25) is 14.5 Å². The second-order valence-corrected chi connectivity index (χ2v) is 10.8. The molecule has 2 amide bonds. The first-order valence-electron chi connectivity index (χ1n) is 12.8. The molecule has 37 heavy (non-hydrogen) atoms. The standard InChI is InChI=1S/C28H32F3N3O2S/c1-33(22-8-3-2-4-9-22)17-7-16-32-26(35)19-34-23-10-5-6-11-24(23)37-25(27(34)36)18-20-12-14-21(15-13-20)28(29,30)31/h5-6,10-15,18,22H,2-4,7-9,16-17,19H2,1H3,(H,32,35)/p+1. The third kappa shape index (κ3) is 7.17. The van der Waals surface area contributed by atoms with Gasteiger partial charge in [0.05, 0.1) is 35.8 Å². The van der Waals surface area contributed by atoms with E-state index in [0.29, 0.717) is 28.7 Å². The fourth-order valence-corrected chi connectivity index (χ4v) is 5.99. The van der Waals surface area contributed by atoms with Crippen molar-refractivity contribution in [2.24, 2.45) is 0 Å². The Morgan fingerprint density at radius 1 is 1.11 bits per heavy atom. The van der Waals surface area contributed by atoms with Gasteiger partial charge in [0.25, 0.3) is 5.91 Å². The van der Waals surface area contributed by atoms with Crippen molar-refractivity contribution in [1.29, 1.82) is 0 Å².